The van der Waals surface area contributed by atoms with Crippen molar-refractivity contribution in [2.24, 2.45) is 0 Å². The van der Waals surface area contributed by atoms with Gasteiger partial charge in [-0.1, -0.05) is 12.1 Å². The Kier molecular flexibility index (Phi) is 2.33. The van der Waals surface area contributed by atoms with Crippen LogP contribution in [0.4, 0.5) is 10.2 Å². The molecule has 0 aliphatic carbocycles. The quantitative estimate of drug-likeness (QED) is 0.772. The van der Waals surface area contributed by atoms with Gasteiger partial charge in [-0.25, -0.2) is 14.4 Å². The first-order valence-electron chi connectivity index (χ1n) is 4.51. The van der Waals surface area contributed by atoms with E-state index in [0.717, 1.165) is 5.56 Å². The molecule has 0 fully saturated rings. The highest BCUT2D eigenvalue weighted by Gasteiger charge is 2.06. The van der Waals surface area contributed by atoms with E-state index >= 15 is 0 Å². The van der Waals surface area contributed by atoms with Gasteiger partial charge in [-0.3, -0.25) is 0 Å². The second-order valence-corrected chi connectivity index (χ2v) is 3.24. The van der Waals surface area contributed by atoms with Gasteiger partial charge >= 0.3 is 0 Å². The summed E-state index contributed by atoms with van der Waals surface area (Å²) in [7, 11) is 0. The second kappa shape index (κ2) is 3.65. The monoisotopic (exact) mass is 203 g/mol. The van der Waals surface area contributed by atoms with Crippen LogP contribution in [0.2, 0.25) is 0 Å². The first-order chi connectivity index (χ1) is 7.18. The molecule has 0 bridgehead atoms. The van der Waals surface area contributed by atoms with Crippen molar-refractivity contribution in [2.45, 2.75) is 6.92 Å². The number of hydrogen-bond donors (Lipinski definition) is 1. The first-order valence-corrected chi connectivity index (χ1v) is 4.51. The highest BCUT2D eigenvalue weighted by Crippen LogP contribution is 2.23. The summed E-state index contributed by atoms with van der Waals surface area (Å²) in [5.41, 5.74) is 7.48. The van der Waals surface area contributed by atoms with Gasteiger partial charge in [0.1, 0.15) is 18.0 Å². The van der Waals surface area contributed by atoms with E-state index in [2.05, 4.69) is 9.97 Å². The summed E-state index contributed by atoms with van der Waals surface area (Å²) >= 11 is 0. The van der Waals surface area contributed by atoms with Crippen LogP contribution in [0, 0.1) is 12.7 Å². The molecule has 2 rings (SSSR count). The second-order valence-electron chi connectivity index (χ2n) is 3.24. The molecule has 0 aliphatic rings. The van der Waals surface area contributed by atoms with Crippen molar-refractivity contribution in [3.63, 3.8) is 0 Å². The van der Waals surface area contributed by atoms with Gasteiger partial charge in [0, 0.05) is 11.6 Å². The van der Waals surface area contributed by atoms with Crippen LogP contribution in [-0.2, 0) is 0 Å². The molecule has 2 N–H and O–H groups in total. The van der Waals surface area contributed by atoms with Gasteiger partial charge < -0.3 is 5.73 Å². The lowest BCUT2D eigenvalue weighted by Crippen LogP contribution is -1.95. The molecular weight excluding hydrogens is 193 g/mol. The third-order valence-electron chi connectivity index (χ3n) is 2.23. The number of benzene rings is 1. The predicted molar refractivity (Wildman–Crippen MR) is 56.6 cm³/mol. The Balaban J connectivity index is 2.59. The zero-order valence-corrected chi connectivity index (χ0v) is 8.24. The fraction of sp³-hybridized carbons (Fsp3) is 0.0909. The van der Waals surface area contributed by atoms with Gasteiger partial charge in [0.2, 0.25) is 0 Å². The molecule has 3 nitrogen and oxygen atoms in total. The molecule has 0 saturated heterocycles. The maximum absolute atomic E-state index is 13.3. The van der Waals surface area contributed by atoms with Crippen molar-refractivity contribution < 1.29 is 4.39 Å². The van der Waals surface area contributed by atoms with E-state index < -0.39 is 0 Å². The Morgan fingerprint density at radius 2 is 2.07 bits per heavy atom. The average molecular weight is 203 g/mol. The minimum Gasteiger partial charge on any atom is -0.384 e. The first kappa shape index (κ1) is 9.58. The van der Waals surface area contributed by atoms with Crippen LogP contribution >= 0.6 is 0 Å². The van der Waals surface area contributed by atoms with Crippen LogP contribution in [0.3, 0.4) is 0 Å². The number of nitrogens with two attached hydrogens (primary N) is 1. The summed E-state index contributed by atoms with van der Waals surface area (Å²) in [4.78, 5) is 7.84. The molecule has 0 spiro atoms. The van der Waals surface area contributed by atoms with Crippen molar-refractivity contribution in [3.8, 4) is 11.3 Å². The van der Waals surface area contributed by atoms with Gasteiger partial charge in [-0.15, -0.1) is 0 Å². The van der Waals surface area contributed by atoms with Gasteiger partial charge in [0.25, 0.3) is 0 Å². The molecule has 0 radical (unpaired) electrons. The fourth-order valence-corrected chi connectivity index (χ4v) is 1.40. The summed E-state index contributed by atoms with van der Waals surface area (Å²) in [5.74, 6) is 0.133. The van der Waals surface area contributed by atoms with Crippen molar-refractivity contribution in [1.82, 2.24) is 9.97 Å². The van der Waals surface area contributed by atoms with Crippen molar-refractivity contribution in [2.75, 3.05) is 5.73 Å². The SMILES string of the molecule is Cc1c(F)cccc1-c1cc(N)ncn1. The van der Waals surface area contributed by atoms with E-state index in [-0.39, 0.29) is 5.82 Å². The van der Waals surface area contributed by atoms with Gasteiger partial charge in [0.15, 0.2) is 0 Å². The van der Waals surface area contributed by atoms with Gasteiger partial charge in [-0.2, -0.15) is 0 Å². The number of halogens is 1. The summed E-state index contributed by atoms with van der Waals surface area (Å²) < 4.78 is 13.3. The van der Waals surface area contributed by atoms with E-state index in [4.69, 9.17) is 5.73 Å². The zero-order chi connectivity index (χ0) is 10.8. The van der Waals surface area contributed by atoms with Gasteiger partial charge in [0.05, 0.1) is 5.69 Å². The van der Waals surface area contributed by atoms with E-state index in [1.54, 1.807) is 25.1 Å². The van der Waals surface area contributed by atoms with Crippen LogP contribution in [-0.4, -0.2) is 9.97 Å². The van der Waals surface area contributed by atoms with Crippen molar-refractivity contribution >= 4 is 5.82 Å². The Bertz CT molecular complexity index is 497. The molecule has 76 valence electrons. The number of nitrogen functional groups attached to an aromatic ring is 1. The molecule has 1 heterocycles. The minimum atomic E-state index is -0.246. The van der Waals surface area contributed by atoms with E-state index in [0.29, 0.717) is 17.1 Å². The standard InChI is InChI=1S/C11H10FN3/c1-7-8(3-2-4-9(7)12)10-5-11(13)15-6-14-10/h2-6H,1H3,(H2,13,14,15). The highest BCUT2D eigenvalue weighted by atomic mass is 19.1. The lowest BCUT2D eigenvalue weighted by Gasteiger charge is -2.05. The summed E-state index contributed by atoms with van der Waals surface area (Å²) in [6.07, 6.45) is 1.37. The number of nitrogens with zero attached hydrogens (tertiary/aromatic N) is 2. The van der Waals surface area contributed by atoms with E-state index in [9.17, 15) is 4.39 Å². The molecule has 1 aromatic heterocycles. The molecule has 15 heavy (non-hydrogen) atoms. The molecule has 0 unspecified atom stereocenters. The summed E-state index contributed by atoms with van der Waals surface area (Å²) in [5, 5.41) is 0. The van der Waals surface area contributed by atoms with E-state index in [1.165, 1.54) is 12.4 Å². The molecule has 0 atom stereocenters. The topological polar surface area (TPSA) is 51.8 Å². The normalized spacial score (nSPS) is 10.3. The summed E-state index contributed by atoms with van der Waals surface area (Å²) in [6, 6.07) is 6.50. The van der Waals surface area contributed by atoms with Crippen molar-refractivity contribution in [3.05, 3.63) is 42.0 Å². The zero-order valence-electron chi connectivity index (χ0n) is 8.24. The fourth-order valence-electron chi connectivity index (χ4n) is 1.40. The van der Waals surface area contributed by atoms with Crippen molar-refractivity contribution in [1.29, 1.82) is 0 Å². The molecule has 2 aromatic rings. The largest absolute Gasteiger partial charge is 0.384 e. The molecule has 0 amide bonds. The Morgan fingerprint density at radius 1 is 1.27 bits per heavy atom. The number of rotatable bonds is 1. The van der Waals surface area contributed by atoms with Crippen LogP contribution in [0.15, 0.2) is 30.6 Å². The Labute approximate surface area is 86.8 Å². The number of hydrogen-bond acceptors (Lipinski definition) is 3. The molecule has 0 saturated carbocycles. The molecular formula is C11H10FN3. The lowest BCUT2D eigenvalue weighted by atomic mass is 10.1. The highest BCUT2D eigenvalue weighted by molar-refractivity contribution is 5.65. The average Bonchev–Trinajstić information content (AvgIpc) is 2.22. The van der Waals surface area contributed by atoms with E-state index in [1.807, 2.05) is 0 Å². The lowest BCUT2D eigenvalue weighted by molar-refractivity contribution is 0.619. The molecule has 0 aliphatic heterocycles. The molecule has 1 aromatic carbocycles. The third-order valence-corrected chi connectivity index (χ3v) is 2.23. The number of anilines is 1. The van der Waals surface area contributed by atoms with Crippen LogP contribution in [0.1, 0.15) is 5.56 Å². The minimum absolute atomic E-state index is 0.246. The third kappa shape index (κ3) is 1.79. The molecule has 4 heteroatoms. The van der Waals surface area contributed by atoms with Crippen LogP contribution < -0.4 is 5.73 Å². The maximum Gasteiger partial charge on any atom is 0.127 e. The van der Waals surface area contributed by atoms with Gasteiger partial charge in [-0.05, 0) is 18.6 Å². The maximum atomic E-state index is 13.3. The smallest absolute Gasteiger partial charge is 0.127 e. The Hall–Kier alpha value is -1.97. The van der Waals surface area contributed by atoms with Crippen LogP contribution in [0.5, 0.6) is 0 Å². The predicted octanol–water partition coefficient (Wildman–Crippen LogP) is 2.17. The Morgan fingerprint density at radius 3 is 2.80 bits per heavy atom. The van der Waals surface area contributed by atoms with Crippen LogP contribution in [0.25, 0.3) is 11.3 Å². The summed E-state index contributed by atoms with van der Waals surface area (Å²) in [6.45, 7) is 1.71. The number of aromatic nitrogens is 2.